The first kappa shape index (κ1) is 19.9. The highest BCUT2D eigenvalue weighted by atomic mass is 35.5. The molecular formula is C17H11ClF3N3O3S. The van der Waals surface area contributed by atoms with Crippen LogP contribution in [0.3, 0.4) is 0 Å². The van der Waals surface area contributed by atoms with Crippen LogP contribution in [0.15, 0.2) is 51.5 Å². The predicted molar refractivity (Wildman–Crippen MR) is 99.2 cm³/mol. The predicted octanol–water partition coefficient (Wildman–Crippen LogP) is 3.57. The summed E-state index contributed by atoms with van der Waals surface area (Å²) in [4.78, 5) is 39.9. The Morgan fingerprint density at radius 2 is 2.00 bits per heavy atom. The Labute approximate surface area is 164 Å². The normalized spacial score (nSPS) is 11.4. The van der Waals surface area contributed by atoms with Crippen LogP contribution in [-0.2, 0) is 12.7 Å². The van der Waals surface area contributed by atoms with Crippen molar-refractivity contribution in [2.24, 2.45) is 0 Å². The monoisotopic (exact) mass is 429 g/mol. The lowest BCUT2D eigenvalue weighted by molar-refractivity contribution is -0.137. The molecule has 28 heavy (non-hydrogen) atoms. The van der Waals surface area contributed by atoms with Gasteiger partial charge in [-0.3, -0.25) is 14.2 Å². The van der Waals surface area contributed by atoms with Crippen molar-refractivity contribution in [2.75, 3.05) is 5.32 Å². The van der Waals surface area contributed by atoms with E-state index in [0.717, 1.165) is 22.9 Å². The molecule has 3 rings (SSSR count). The molecule has 1 aromatic carbocycles. The minimum atomic E-state index is -4.63. The van der Waals surface area contributed by atoms with E-state index >= 15 is 0 Å². The Bertz CT molecular complexity index is 1140. The van der Waals surface area contributed by atoms with Gasteiger partial charge in [0.05, 0.1) is 22.8 Å². The van der Waals surface area contributed by atoms with Crippen molar-refractivity contribution in [3.8, 4) is 0 Å². The second-order valence-corrected chi connectivity index (χ2v) is 7.06. The van der Waals surface area contributed by atoms with Crippen molar-refractivity contribution in [3.05, 3.63) is 83.8 Å². The summed E-state index contributed by atoms with van der Waals surface area (Å²) < 4.78 is 39.4. The highest BCUT2D eigenvalue weighted by Crippen LogP contribution is 2.33. The lowest BCUT2D eigenvalue weighted by Gasteiger charge is -2.12. The summed E-state index contributed by atoms with van der Waals surface area (Å²) in [6, 6.07) is 5.88. The molecule has 0 saturated heterocycles. The number of amides is 1. The number of hydrogen-bond acceptors (Lipinski definition) is 4. The number of H-pyrrole nitrogens is 1. The summed E-state index contributed by atoms with van der Waals surface area (Å²) in [5, 5.41) is 3.81. The lowest BCUT2D eigenvalue weighted by atomic mass is 10.2. The summed E-state index contributed by atoms with van der Waals surface area (Å²) in [5.74, 6) is -0.998. The number of nitrogens with zero attached hydrogens (tertiary/aromatic N) is 1. The Kier molecular flexibility index (Phi) is 5.43. The molecule has 0 saturated carbocycles. The van der Waals surface area contributed by atoms with Gasteiger partial charge in [-0.05, 0) is 29.6 Å². The molecule has 2 heterocycles. The van der Waals surface area contributed by atoms with Gasteiger partial charge in [0.2, 0.25) is 0 Å². The SMILES string of the molecule is O=C(Nc1cc(C(F)(F)F)ccc1Cl)c1c[nH]c(=O)n(Cc2cccs2)c1=O. The average molecular weight is 430 g/mol. The number of rotatable bonds is 4. The standard InChI is InChI=1S/C17H11ClF3N3O3S/c18-12-4-3-9(17(19,20)21)6-13(12)23-14(25)11-7-22-16(27)24(15(11)26)8-10-2-1-5-28-10/h1-7H,8H2,(H,22,27)(H,23,25). The molecule has 3 aromatic rings. The first-order valence-electron chi connectivity index (χ1n) is 7.70. The molecule has 2 N–H and O–H groups in total. The van der Waals surface area contributed by atoms with Crippen LogP contribution in [0.5, 0.6) is 0 Å². The zero-order valence-electron chi connectivity index (χ0n) is 13.8. The Hall–Kier alpha value is -2.85. The van der Waals surface area contributed by atoms with Crippen molar-refractivity contribution in [1.82, 2.24) is 9.55 Å². The van der Waals surface area contributed by atoms with E-state index < -0.39 is 34.5 Å². The van der Waals surface area contributed by atoms with Crippen molar-refractivity contribution < 1.29 is 18.0 Å². The topological polar surface area (TPSA) is 84.0 Å². The highest BCUT2D eigenvalue weighted by Gasteiger charge is 2.31. The molecule has 1 amide bonds. The smallest absolute Gasteiger partial charge is 0.320 e. The second-order valence-electron chi connectivity index (χ2n) is 5.62. The van der Waals surface area contributed by atoms with E-state index in [4.69, 9.17) is 11.6 Å². The zero-order chi connectivity index (χ0) is 20.5. The highest BCUT2D eigenvalue weighted by molar-refractivity contribution is 7.09. The molecule has 0 spiro atoms. The summed E-state index contributed by atoms with van der Waals surface area (Å²) in [5.41, 5.74) is -3.35. The molecule has 11 heteroatoms. The van der Waals surface area contributed by atoms with Crippen LogP contribution in [0, 0.1) is 0 Å². The van der Waals surface area contributed by atoms with E-state index in [2.05, 4.69) is 10.3 Å². The lowest BCUT2D eigenvalue weighted by Crippen LogP contribution is -2.39. The Balaban J connectivity index is 1.94. The minimum Gasteiger partial charge on any atom is -0.320 e. The van der Waals surface area contributed by atoms with E-state index in [1.54, 1.807) is 17.5 Å². The number of aromatic nitrogens is 2. The van der Waals surface area contributed by atoms with Crippen LogP contribution < -0.4 is 16.6 Å². The fourth-order valence-corrected chi connectivity index (χ4v) is 3.22. The zero-order valence-corrected chi connectivity index (χ0v) is 15.4. The van der Waals surface area contributed by atoms with Crippen LogP contribution >= 0.6 is 22.9 Å². The van der Waals surface area contributed by atoms with Crippen molar-refractivity contribution in [2.45, 2.75) is 12.7 Å². The van der Waals surface area contributed by atoms with Gasteiger partial charge in [-0.25, -0.2) is 4.79 Å². The fourth-order valence-electron chi connectivity index (χ4n) is 2.36. The van der Waals surface area contributed by atoms with E-state index in [9.17, 15) is 27.6 Å². The molecule has 2 aromatic heterocycles. The molecule has 146 valence electrons. The summed E-state index contributed by atoms with van der Waals surface area (Å²) in [6.45, 7) is -0.0444. The molecular weight excluding hydrogens is 419 g/mol. The first-order valence-corrected chi connectivity index (χ1v) is 8.95. The number of benzene rings is 1. The van der Waals surface area contributed by atoms with E-state index in [1.807, 2.05) is 0 Å². The van der Waals surface area contributed by atoms with Gasteiger partial charge in [0.25, 0.3) is 11.5 Å². The Morgan fingerprint density at radius 3 is 2.64 bits per heavy atom. The molecule has 0 aliphatic carbocycles. The number of thiophene rings is 1. The maximum absolute atomic E-state index is 12.9. The van der Waals surface area contributed by atoms with Gasteiger partial charge in [-0.1, -0.05) is 17.7 Å². The second kappa shape index (κ2) is 7.64. The molecule has 0 atom stereocenters. The van der Waals surface area contributed by atoms with E-state index in [-0.39, 0.29) is 17.3 Å². The van der Waals surface area contributed by atoms with Gasteiger partial charge in [0.15, 0.2) is 0 Å². The van der Waals surface area contributed by atoms with Gasteiger partial charge in [-0.15, -0.1) is 11.3 Å². The molecule has 0 aliphatic heterocycles. The average Bonchev–Trinajstić information content (AvgIpc) is 3.12. The summed E-state index contributed by atoms with van der Waals surface area (Å²) >= 11 is 7.17. The van der Waals surface area contributed by atoms with Crippen LogP contribution in [-0.4, -0.2) is 15.5 Å². The van der Waals surface area contributed by atoms with Gasteiger partial charge in [-0.2, -0.15) is 13.2 Å². The third-order valence-electron chi connectivity index (χ3n) is 3.74. The van der Waals surface area contributed by atoms with Crippen molar-refractivity contribution in [1.29, 1.82) is 0 Å². The van der Waals surface area contributed by atoms with E-state index in [0.29, 0.717) is 10.9 Å². The van der Waals surface area contributed by atoms with Gasteiger partial charge in [0.1, 0.15) is 5.56 Å². The maximum atomic E-state index is 12.9. The summed E-state index contributed by atoms with van der Waals surface area (Å²) in [6.07, 6.45) is -3.72. The quantitative estimate of drug-likeness (QED) is 0.665. The molecule has 0 aliphatic rings. The fraction of sp³-hybridized carbons (Fsp3) is 0.118. The number of carbonyl (C=O) groups excluding carboxylic acids is 1. The van der Waals surface area contributed by atoms with Crippen LogP contribution in [0.1, 0.15) is 20.8 Å². The largest absolute Gasteiger partial charge is 0.416 e. The number of anilines is 1. The molecule has 0 bridgehead atoms. The Morgan fingerprint density at radius 1 is 1.25 bits per heavy atom. The first-order chi connectivity index (χ1) is 13.2. The van der Waals surface area contributed by atoms with Crippen LogP contribution in [0.2, 0.25) is 5.02 Å². The molecule has 6 nitrogen and oxygen atoms in total. The number of carbonyl (C=O) groups is 1. The van der Waals surface area contributed by atoms with Crippen molar-refractivity contribution in [3.63, 3.8) is 0 Å². The number of hydrogen-bond donors (Lipinski definition) is 2. The van der Waals surface area contributed by atoms with Crippen LogP contribution in [0.4, 0.5) is 18.9 Å². The number of alkyl halides is 3. The molecule has 0 fully saturated rings. The minimum absolute atomic E-state index is 0.0444. The third-order valence-corrected chi connectivity index (χ3v) is 4.93. The van der Waals surface area contributed by atoms with Gasteiger partial charge >= 0.3 is 11.9 Å². The third kappa shape index (κ3) is 4.18. The maximum Gasteiger partial charge on any atom is 0.416 e. The number of halogens is 4. The number of nitrogens with one attached hydrogen (secondary N) is 2. The van der Waals surface area contributed by atoms with E-state index in [1.165, 1.54) is 11.3 Å². The molecule has 0 unspecified atom stereocenters. The van der Waals surface area contributed by atoms with Crippen molar-refractivity contribution >= 4 is 34.5 Å². The van der Waals surface area contributed by atoms with Gasteiger partial charge in [0, 0.05) is 11.1 Å². The number of aromatic amines is 1. The molecule has 0 radical (unpaired) electrons. The van der Waals surface area contributed by atoms with Gasteiger partial charge < -0.3 is 10.3 Å². The summed E-state index contributed by atoms with van der Waals surface area (Å²) in [7, 11) is 0. The van der Waals surface area contributed by atoms with Crippen LogP contribution in [0.25, 0.3) is 0 Å².